The van der Waals surface area contributed by atoms with E-state index in [0.717, 1.165) is 13.8 Å². The lowest BCUT2D eigenvalue weighted by molar-refractivity contribution is -0.144. The summed E-state index contributed by atoms with van der Waals surface area (Å²) in [5, 5.41) is 12.8. The number of phosphoric ester groups is 1. The highest BCUT2D eigenvalue weighted by Gasteiger charge is 2.47. The van der Waals surface area contributed by atoms with Gasteiger partial charge >= 0.3 is 13.8 Å². The van der Waals surface area contributed by atoms with E-state index in [1.807, 2.05) is 0 Å². The summed E-state index contributed by atoms with van der Waals surface area (Å²) in [6.07, 6.45) is -5.08. The van der Waals surface area contributed by atoms with Crippen molar-refractivity contribution >= 4 is 38.3 Å². The second kappa shape index (κ2) is 11.2. The Morgan fingerprint density at radius 3 is 2.75 bits per heavy atom. The Bertz CT molecular complexity index is 1200. The van der Waals surface area contributed by atoms with Crippen molar-refractivity contribution in [1.29, 1.82) is 0 Å². The third-order valence-corrected chi connectivity index (χ3v) is 8.89. The van der Waals surface area contributed by atoms with E-state index in [4.69, 9.17) is 28.6 Å². The van der Waals surface area contributed by atoms with Crippen LogP contribution in [0.2, 0.25) is 0 Å². The lowest BCUT2D eigenvalue weighted by atomic mass is 10.1. The maximum absolute atomic E-state index is 15.0. The monoisotopic (exact) mass is 554 g/mol. The van der Waals surface area contributed by atoms with Gasteiger partial charge < -0.3 is 20.3 Å². The lowest BCUT2D eigenvalue weighted by Crippen LogP contribution is -2.33. The second-order valence-electron chi connectivity index (χ2n) is 7.94. The number of carbonyl (C=O) groups is 1. The minimum atomic E-state index is -4.50. The van der Waals surface area contributed by atoms with Gasteiger partial charge in [-0.05, 0) is 20.8 Å². The van der Waals surface area contributed by atoms with Gasteiger partial charge in [0, 0.05) is 13.8 Å². The molecule has 202 valence electrons. The first kappa shape index (κ1) is 28.5. The maximum Gasteiger partial charge on any atom is 0.481 e. The minimum absolute atomic E-state index is 0.0955. The van der Waals surface area contributed by atoms with Crippen LogP contribution in [0.3, 0.4) is 0 Å². The van der Waals surface area contributed by atoms with E-state index in [1.165, 1.54) is 17.8 Å². The predicted octanol–water partition coefficient (Wildman–Crippen LogP) is 1.47. The van der Waals surface area contributed by atoms with Gasteiger partial charge in [0.15, 0.2) is 23.9 Å². The SMILES string of the molecule is CCOC(=O)[C@H](C)NP(C)(=O)OP(=O)(OC)OC[C@H]1O[C@@H](n2cnc3c(N)nc(C)nc32)[C@H](F)C1O. The number of nitrogen functional groups attached to an aromatic ring is 1. The third kappa shape index (κ3) is 6.26. The molecule has 3 rings (SSSR count). The van der Waals surface area contributed by atoms with Gasteiger partial charge in [-0.1, -0.05) is 0 Å². The molecule has 2 aromatic rings. The first-order valence-electron chi connectivity index (χ1n) is 10.8. The van der Waals surface area contributed by atoms with Crippen molar-refractivity contribution in [1.82, 2.24) is 24.6 Å². The summed E-state index contributed by atoms with van der Waals surface area (Å²) >= 11 is 0. The number of nitrogens with one attached hydrogen (secondary N) is 1. The van der Waals surface area contributed by atoms with Crippen molar-refractivity contribution < 1.29 is 46.3 Å². The number of alkyl halides is 1. The third-order valence-electron chi connectivity index (χ3n) is 5.07. The number of hydrogen-bond donors (Lipinski definition) is 3. The number of rotatable bonds is 11. The summed E-state index contributed by atoms with van der Waals surface area (Å²) in [6, 6.07) is -1.05. The van der Waals surface area contributed by atoms with Gasteiger partial charge in [0.1, 0.15) is 29.6 Å². The number of hydrogen-bond acceptors (Lipinski definition) is 13. The highest BCUT2D eigenvalue weighted by Crippen LogP contribution is 2.61. The molecule has 0 spiro atoms. The normalized spacial score (nSPS) is 26.4. The van der Waals surface area contributed by atoms with Gasteiger partial charge in [0.05, 0.1) is 19.5 Å². The van der Waals surface area contributed by atoms with Crippen LogP contribution >= 0.6 is 15.3 Å². The number of aromatic nitrogens is 4. The number of nitrogens with zero attached hydrogens (tertiary/aromatic N) is 4. The summed E-state index contributed by atoms with van der Waals surface area (Å²) in [7, 11) is -7.44. The molecule has 1 aliphatic rings. The number of ether oxygens (including phenoxy) is 2. The van der Waals surface area contributed by atoms with Crippen molar-refractivity contribution in [3.63, 3.8) is 0 Å². The standard InChI is InChI=1S/C18H29FN6O9P2/c1-6-31-18(27)9(2)24-35(5,28)34-36(29,30-4)32-7-11-14(26)12(19)17(33-11)25-8-21-13-15(20)22-10(3)23-16(13)25/h8-9,11-12,14,17,26H,6-7H2,1-5H3,(H,24,28)(H2,20,22,23)/t9-,11+,12+,14?,17+,35?,36?/m0/s1. The number of imidazole rings is 1. The van der Waals surface area contributed by atoms with Crippen LogP contribution in [-0.2, 0) is 36.8 Å². The van der Waals surface area contributed by atoms with E-state index in [-0.39, 0.29) is 23.6 Å². The summed E-state index contributed by atoms with van der Waals surface area (Å²) in [5.74, 6) is -0.283. The van der Waals surface area contributed by atoms with Crippen molar-refractivity contribution in [3.8, 4) is 0 Å². The quantitative estimate of drug-likeness (QED) is 0.266. The molecule has 0 aliphatic carbocycles. The van der Waals surface area contributed by atoms with Crippen LogP contribution in [0, 0.1) is 6.92 Å². The van der Waals surface area contributed by atoms with Crippen molar-refractivity contribution in [2.24, 2.45) is 0 Å². The van der Waals surface area contributed by atoms with Crippen LogP contribution in [0.1, 0.15) is 25.9 Å². The number of nitrogens with two attached hydrogens (primary N) is 1. The van der Waals surface area contributed by atoms with Crippen LogP contribution in [0.4, 0.5) is 10.2 Å². The summed E-state index contributed by atoms with van der Waals surface area (Å²) in [4.78, 5) is 24.1. The molecule has 1 aliphatic heterocycles. The highest BCUT2D eigenvalue weighted by molar-refractivity contribution is 7.66. The molecule has 3 unspecified atom stereocenters. The fourth-order valence-electron chi connectivity index (χ4n) is 3.46. The van der Waals surface area contributed by atoms with Crippen LogP contribution in [0.25, 0.3) is 11.2 Å². The molecule has 7 atom stereocenters. The Balaban J connectivity index is 1.69. The fraction of sp³-hybridized carbons (Fsp3) is 0.667. The Labute approximate surface area is 205 Å². The summed E-state index contributed by atoms with van der Waals surface area (Å²) in [5.41, 5.74) is 6.26. The van der Waals surface area contributed by atoms with Crippen LogP contribution in [0.5, 0.6) is 0 Å². The van der Waals surface area contributed by atoms with E-state index in [1.54, 1.807) is 13.8 Å². The zero-order valence-electron chi connectivity index (χ0n) is 20.2. The maximum atomic E-state index is 15.0. The molecule has 36 heavy (non-hydrogen) atoms. The van der Waals surface area contributed by atoms with E-state index < -0.39 is 58.6 Å². The first-order valence-corrected chi connectivity index (χ1v) is 14.3. The molecule has 4 N–H and O–H groups in total. The number of carbonyl (C=O) groups excluding carboxylic acids is 1. The molecule has 1 fully saturated rings. The molecule has 3 heterocycles. The average Bonchev–Trinajstić information content (AvgIpc) is 3.33. The Kier molecular flexibility index (Phi) is 8.84. The fourth-order valence-corrected chi connectivity index (χ4v) is 6.88. The minimum Gasteiger partial charge on any atom is -0.465 e. The van der Waals surface area contributed by atoms with Crippen LogP contribution < -0.4 is 10.8 Å². The lowest BCUT2D eigenvalue weighted by Gasteiger charge is -2.24. The molecule has 0 bridgehead atoms. The summed E-state index contributed by atoms with van der Waals surface area (Å²) in [6.45, 7) is 5.09. The van der Waals surface area contributed by atoms with E-state index in [2.05, 4.69) is 20.0 Å². The highest BCUT2D eigenvalue weighted by atomic mass is 31.3. The van der Waals surface area contributed by atoms with E-state index in [9.17, 15) is 23.4 Å². The number of anilines is 1. The molecule has 0 saturated carbocycles. The first-order chi connectivity index (χ1) is 16.8. The molecular weight excluding hydrogens is 525 g/mol. The molecule has 1 saturated heterocycles. The molecule has 0 radical (unpaired) electrons. The van der Waals surface area contributed by atoms with Crippen molar-refractivity contribution in [2.75, 3.05) is 32.7 Å². The Hall–Kier alpha value is -2.03. The van der Waals surface area contributed by atoms with Gasteiger partial charge in [-0.25, -0.2) is 33.3 Å². The Morgan fingerprint density at radius 1 is 1.42 bits per heavy atom. The average molecular weight is 554 g/mol. The van der Waals surface area contributed by atoms with Crippen LogP contribution in [-0.4, -0.2) is 82.0 Å². The summed E-state index contributed by atoms with van der Waals surface area (Å²) < 4.78 is 67.3. The molecular formula is C18H29FN6O9P2. The topological polar surface area (TPSA) is 199 Å². The molecule has 15 nitrogen and oxygen atoms in total. The second-order valence-corrected chi connectivity index (χ2v) is 12.1. The van der Waals surface area contributed by atoms with Gasteiger partial charge in [-0.15, -0.1) is 0 Å². The zero-order valence-corrected chi connectivity index (χ0v) is 22.0. The number of esters is 1. The smallest absolute Gasteiger partial charge is 0.465 e. The molecule has 18 heteroatoms. The molecule has 2 aromatic heterocycles. The number of halogens is 1. The molecule has 0 amide bonds. The number of phosphoric acid groups is 1. The van der Waals surface area contributed by atoms with Gasteiger partial charge in [-0.2, -0.15) is 0 Å². The van der Waals surface area contributed by atoms with E-state index in [0.29, 0.717) is 5.82 Å². The van der Waals surface area contributed by atoms with Gasteiger partial charge in [0.2, 0.25) is 0 Å². The van der Waals surface area contributed by atoms with Gasteiger partial charge in [-0.3, -0.25) is 23.0 Å². The number of fused-ring (bicyclic) bond motifs is 1. The van der Waals surface area contributed by atoms with E-state index >= 15 is 0 Å². The molecule has 0 aromatic carbocycles. The van der Waals surface area contributed by atoms with Crippen LogP contribution in [0.15, 0.2) is 6.33 Å². The van der Waals surface area contributed by atoms with Crippen molar-refractivity contribution in [3.05, 3.63) is 12.2 Å². The number of aryl methyl sites for hydroxylation is 1. The Morgan fingerprint density at radius 2 is 2.11 bits per heavy atom. The number of aliphatic hydroxyl groups excluding tert-OH is 1. The largest absolute Gasteiger partial charge is 0.481 e. The van der Waals surface area contributed by atoms with Crippen molar-refractivity contribution in [2.45, 2.75) is 51.4 Å². The zero-order chi connectivity index (χ0) is 26.8. The predicted molar refractivity (Wildman–Crippen MR) is 124 cm³/mol. The van der Waals surface area contributed by atoms with Gasteiger partial charge in [0.25, 0.3) is 7.52 Å². The number of aliphatic hydroxyl groups is 1.